The van der Waals surface area contributed by atoms with E-state index in [9.17, 15) is 4.79 Å². The van der Waals surface area contributed by atoms with Crippen molar-refractivity contribution in [2.24, 2.45) is 5.41 Å². The van der Waals surface area contributed by atoms with Gasteiger partial charge in [0.1, 0.15) is 0 Å². The lowest BCUT2D eigenvalue weighted by Crippen LogP contribution is -2.34. The van der Waals surface area contributed by atoms with Gasteiger partial charge in [0.05, 0.1) is 8.66 Å². The largest absolute Gasteiger partial charge is 0.351 e. The minimum atomic E-state index is 0.0399. The van der Waals surface area contributed by atoms with Gasteiger partial charge in [-0.3, -0.25) is 4.79 Å². The number of carbonyl (C=O) groups excluding carboxylic acids is 1. The molecule has 1 amide bonds. The Morgan fingerprint density at radius 3 is 2.75 bits per heavy atom. The van der Waals surface area contributed by atoms with Gasteiger partial charge in [-0.2, -0.15) is 0 Å². The molecule has 0 bridgehead atoms. The first-order chi connectivity index (χ1) is 7.65. The van der Waals surface area contributed by atoms with Crippen LogP contribution in [0.2, 0.25) is 0 Å². The van der Waals surface area contributed by atoms with Gasteiger partial charge in [-0.15, -0.1) is 11.3 Å². The molecule has 1 aromatic rings. The number of hydrogen-bond donors (Lipinski definition) is 2. The minimum Gasteiger partial charge on any atom is -0.351 e. The maximum Gasteiger partial charge on any atom is 0.261 e. The second-order valence-electron chi connectivity index (χ2n) is 4.32. The molecule has 0 aromatic carbocycles. The summed E-state index contributed by atoms with van der Waals surface area (Å²) in [5.74, 6) is 0.0399. The quantitative estimate of drug-likeness (QED) is 0.876. The fraction of sp³-hybridized carbons (Fsp3) is 0.545. The smallest absolute Gasteiger partial charge is 0.261 e. The Kier molecular flexibility index (Phi) is 3.66. The van der Waals surface area contributed by atoms with Gasteiger partial charge in [0.2, 0.25) is 0 Å². The molecule has 1 aliphatic rings. The molecule has 1 aromatic heterocycles. The molecule has 1 heterocycles. The van der Waals surface area contributed by atoms with Crippen LogP contribution in [-0.4, -0.2) is 26.0 Å². The van der Waals surface area contributed by atoms with Crippen molar-refractivity contribution in [3.63, 3.8) is 0 Å². The molecule has 0 unspecified atom stereocenters. The Labute approximate surface area is 108 Å². The third-order valence-electron chi connectivity index (χ3n) is 2.93. The number of hydrogen-bond acceptors (Lipinski definition) is 3. The summed E-state index contributed by atoms with van der Waals surface area (Å²) in [6.45, 7) is 1.77. The highest BCUT2D eigenvalue weighted by molar-refractivity contribution is 9.11. The van der Waals surface area contributed by atoms with Gasteiger partial charge in [0.25, 0.3) is 5.91 Å². The molecule has 5 heteroatoms. The van der Waals surface area contributed by atoms with Crippen LogP contribution in [0.3, 0.4) is 0 Å². The predicted octanol–water partition coefficient (Wildman–Crippen LogP) is 2.24. The zero-order valence-electron chi connectivity index (χ0n) is 9.18. The highest BCUT2D eigenvalue weighted by Gasteiger charge is 2.41. The first-order valence-corrected chi connectivity index (χ1v) is 6.94. The van der Waals surface area contributed by atoms with E-state index in [1.165, 1.54) is 24.2 Å². The van der Waals surface area contributed by atoms with E-state index < -0.39 is 0 Å². The Bertz CT molecular complexity index is 387. The van der Waals surface area contributed by atoms with Crippen LogP contribution in [0.15, 0.2) is 15.9 Å². The van der Waals surface area contributed by atoms with Crippen LogP contribution in [0, 0.1) is 5.41 Å². The zero-order chi connectivity index (χ0) is 11.6. The topological polar surface area (TPSA) is 41.1 Å². The van der Waals surface area contributed by atoms with Gasteiger partial charge in [-0.1, -0.05) is 0 Å². The van der Waals surface area contributed by atoms with Gasteiger partial charge < -0.3 is 10.6 Å². The Hall–Kier alpha value is -0.390. The summed E-state index contributed by atoms with van der Waals surface area (Å²) in [5, 5.41) is 6.19. The number of carbonyl (C=O) groups is 1. The molecule has 3 nitrogen and oxygen atoms in total. The van der Waals surface area contributed by atoms with Crippen LogP contribution in [0.4, 0.5) is 0 Å². The number of rotatable bonds is 5. The number of halogens is 1. The molecule has 0 radical (unpaired) electrons. The lowest BCUT2D eigenvalue weighted by Gasteiger charge is -2.14. The normalized spacial score (nSPS) is 17.1. The molecule has 0 spiro atoms. The molecule has 2 N–H and O–H groups in total. The van der Waals surface area contributed by atoms with E-state index in [0.717, 1.165) is 21.8 Å². The maximum atomic E-state index is 11.8. The lowest BCUT2D eigenvalue weighted by molar-refractivity contribution is 0.0949. The molecule has 2 rings (SSSR count). The van der Waals surface area contributed by atoms with Crippen molar-refractivity contribution >= 4 is 33.2 Å². The van der Waals surface area contributed by atoms with Gasteiger partial charge >= 0.3 is 0 Å². The van der Waals surface area contributed by atoms with E-state index in [4.69, 9.17) is 0 Å². The van der Waals surface area contributed by atoms with Gasteiger partial charge in [0, 0.05) is 18.5 Å². The molecule has 0 atom stereocenters. The van der Waals surface area contributed by atoms with Crippen molar-refractivity contribution in [3.05, 3.63) is 20.8 Å². The third-order valence-corrected chi connectivity index (χ3v) is 4.55. The molecule has 1 saturated carbocycles. The van der Waals surface area contributed by atoms with E-state index in [2.05, 4.69) is 26.6 Å². The summed E-state index contributed by atoms with van der Waals surface area (Å²) in [7, 11) is 1.96. The Balaban J connectivity index is 1.84. The van der Waals surface area contributed by atoms with E-state index in [1.807, 2.05) is 19.2 Å². The Morgan fingerprint density at radius 2 is 2.25 bits per heavy atom. The summed E-state index contributed by atoms with van der Waals surface area (Å²) in [4.78, 5) is 12.6. The fourth-order valence-electron chi connectivity index (χ4n) is 1.76. The van der Waals surface area contributed by atoms with Crippen LogP contribution in [0.25, 0.3) is 0 Å². The van der Waals surface area contributed by atoms with Crippen molar-refractivity contribution in [3.8, 4) is 0 Å². The van der Waals surface area contributed by atoms with Crippen LogP contribution in [0.1, 0.15) is 22.5 Å². The van der Waals surface area contributed by atoms with E-state index in [1.54, 1.807) is 0 Å². The monoisotopic (exact) mass is 302 g/mol. The molecular weight excluding hydrogens is 288 g/mol. The second kappa shape index (κ2) is 4.85. The van der Waals surface area contributed by atoms with Crippen LogP contribution < -0.4 is 10.6 Å². The van der Waals surface area contributed by atoms with Crippen molar-refractivity contribution in [1.29, 1.82) is 0 Å². The van der Waals surface area contributed by atoms with Crippen molar-refractivity contribution in [1.82, 2.24) is 10.6 Å². The highest BCUT2D eigenvalue weighted by Crippen LogP contribution is 2.44. The first-order valence-electron chi connectivity index (χ1n) is 5.33. The molecule has 0 saturated heterocycles. The van der Waals surface area contributed by atoms with Crippen LogP contribution in [-0.2, 0) is 0 Å². The average molecular weight is 303 g/mol. The SMILES string of the molecule is CNCC1(CNC(=O)c2ccc(Br)s2)CC1. The summed E-state index contributed by atoms with van der Waals surface area (Å²) < 4.78 is 0.994. The van der Waals surface area contributed by atoms with E-state index in [-0.39, 0.29) is 5.91 Å². The first kappa shape index (κ1) is 12.1. The standard InChI is InChI=1S/C11H15BrN2OS/c1-13-6-11(4-5-11)7-14-10(15)8-2-3-9(12)16-8/h2-3,13H,4-7H2,1H3,(H,14,15). The average Bonchev–Trinajstić information content (AvgIpc) is 2.89. The summed E-state index contributed by atoms with van der Waals surface area (Å²) >= 11 is 4.83. The molecular formula is C11H15BrN2OS. The third kappa shape index (κ3) is 2.84. The molecule has 16 heavy (non-hydrogen) atoms. The van der Waals surface area contributed by atoms with E-state index in [0.29, 0.717) is 5.41 Å². The molecule has 88 valence electrons. The highest BCUT2D eigenvalue weighted by atomic mass is 79.9. The molecule has 1 fully saturated rings. The number of thiophene rings is 1. The van der Waals surface area contributed by atoms with Gasteiger partial charge in [0.15, 0.2) is 0 Å². The van der Waals surface area contributed by atoms with Crippen molar-refractivity contribution in [2.75, 3.05) is 20.1 Å². The fourth-order valence-corrected chi connectivity index (χ4v) is 3.06. The number of amides is 1. The lowest BCUT2D eigenvalue weighted by atomic mass is 10.1. The number of nitrogens with one attached hydrogen (secondary N) is 2. The van der Waals surface area contributed by atoms with Crippen LogP contribution >= 0.6 is 27.3 Å². The van der Waals surface area contributed by atoms with E-state index >= 15 is 0 Å². The summed E-state index contributed by atoms with van der Waals surface area (Å²) in [6.07, 6.45) is 2.42. The second-order valence-corrected chi connectivity index (χ2v) is 6.78. The summed E-state index contributed by atoms with van der Waals surface area (Å²) in [5.41, 5.74) is 0.318. The maximum absolute atomic E-state index is 11.8. The van der Waals surface area contributed by atoms with Gasteiger partial charge in [-0.05, 0) is 48.0 Å². The summed E-state index contributed by atoms with van der Waals surface area (Å²) in [6, 6.07) is 3.75. The molecule has 1 aliphatic carbocycles. The minimum absolute atomic E-state index is 0.0399. The van der Waals surface area contributed by atoms with Gasteiger partial charge in [-0.25, -0.2) is 0 Å². The van der Waals surface area contributed by atoms with Crippen molar-refractivity contribution < 1.29 is 4.79 Å². The predicted molar refractivity (Wildman–Crippen MR) is 69.9 cm³/mol. The Morgan fingerprint density at radius 1 is 1.50 bits per heavy atom. The molecule has 0 aliphatic heterocycles. The zero-order valence-corrected chi connectivity index (χ0v) is 11.6. The van der Waals surface area contributed by atoms with Crippen molar-refractivity contribution in [2.45, 2.75) is 12.8 Å². The van der Waals surface area contributed by atoms with Crippen LogP contribution in [0.5, 0.6) is 0 Å².